The summed E-state index contributed by atoms with van der Waals surface area (Å²) in [4.78, 5) is 1.33. The van der Waals surface area contributed by atoms with Gasteiger partial charge in [-0.05, 0) is 45.0 Å². The Bertz CT molecular complexity index is 847. The fourth-order valence-corrected chi connectivity index (χ4v) is 4.27. The Morgan fingerprint density at radius 3 is 2.59 bits per heavy atom. The molecule has 1 aromatic heterocycles. The molecule has 0 atom stereocenters. The molecule has 3 aromatic rings. The van der Waals surface area contributed by atoms with Crippen molar-refractivity contribution in [2.75, 3.05) is 0 Å². The highest BCUT2D eigenvalue weighted by molar-refractivity contribution is 8.00. The molecule has 0 spiro atoms. The van der Waals surface area contributed by atoms with E-state index in [1.807, 2.05) is 24.0 Å². The molecule has 2 heterocycles. The lowest BCUT2D eigenvalue weighted by molar-refractivity contribution is 0.776. The third-order valence-electron chi connectivity index (χ3n) is 4.17. The minimum atomic E-state index is 0.0324. The summed E-state index contributed by atoms with van der Waals surface area (Å²) in [7, 11) is 0. The van der Waals surface area contributed by atoms with Gasteiger partial charge in [-0.1, -0.05) is 29.8 Å². The second-order valence-corrected chi connectivity index (χ2v) is 7.93. The lowest BCUT2D eigenvalue weighted by Crippen LogP contribution is -2.17. The topological polar surface area (TPSA) is 17.8 Å². The lowest BCUT2D eigenvalue weighted by atomic mass is 9.96. The van der Waals surface area contributed by atoms with Gasteiger partial charge in [-0.25, -0.2) is 4.68 Å². The van der Waals surface area contributed by atoms with Gasteiger partial charge in [0, 0.05) is 20.8 Å². The maximum absolute atomic E-state index is 4.70. The van der Waals surface area contributed by atoms with Crippen molar-refractivity contribution in [3.05, 3.63) is 65.9 Å². The second kappa shape index (κ2) is 4.75. The molecule has 0 radical (unpaired) electrons. The van der Waals surface area contributed by atoms with Crippen molar-refractivity contribution in [2.45, 2.75) is 30.4 Å². The van der Waals surface area contributed by atoms with Crippen molar-refractivity contribution >= 4 is 11.8 Å². The van der Waals surface area contributed by atoms with E-state index >= 15 is 0 Å². The average Bonchev–Trinajstić information content (AvgIpc) is 2.95. The van der Waals surface area contributed by atoms with Gasteiger partial charge in [0.25, 0.3) is 0 Å². The van der Waals surface area contributed by atoms with E-state index in [1.165, 1.54) is 27.3 Å². The molecule has 110 valence electrons. The normalized spacial score (nSPS) is 15.2. The van der Waals surface area contributed by atoms with E-state index in [-0.39, 0.29) is 4.75 Å². The summed E-state index contributed by atoms with van der Waals surface area (Å²) in [5.74, 6) is 0. The standard InChI is InChI=1S/C19H18N2S/c1-13-9-10-17-15(11-13)18-16(19(2,3)22-17)12-20-21(18)14-7-5-4-6-8-14/h4-12H,1-3H3. The molecule has 0 fully saturated rings. The molecule has 0 N–H and O–H groups in total. The largest absolute Gasteiger partial charge is 0.233 e. The fraction of sp³-hybridized carbons (Fsp3) is 0.211. The van der Waals surface area contributed by atoms with Crippen LogP contribution < -0.4 is 0 Å². The monoisotopic (exact) mass is 306 g/mol. The van der Waals surface area contributed by atoms with Crippen molar-refractivity contribution in [3.8, 4) is 16.9 Å². The first kappa shape index (κ1) is 13.6. The van der Waals surface area contributed by atoms with Crippen molar-refractivity contribution in [2.24, 2.45) is 0 Å². The zero-order chi connectivity index (χ0) is 15.3. The van der Waals surface area contributed by atoms with Crippen LogP contribution in [-0.4, -0.2) is 9.78 Å². The molecule has 0 aliphatic carbocycles. The van der Waals surface area contributed by atoms with Crippen LogP contribution >= 0.6 is 11.8 Å². The van der Waals surface area contributed by atoms with Gasteiger partial charge < -0.3 is 0 Å². The zero-order valence-corrected chi connectivity index (χ0v) is 13.8. The van der Waals surface area contributed by atoms with Crippen LogP contribution in [0.5, 0.6) is 0 Å². The highest BCUT2D eigenvalue weighted by Crippen LogP contribution is 2.52. The third kappa shape index (κ3) is 2.00. The third-order valence-corrected chi connectivity index (χ3v) is 5.48. The Labute approximate surface area is 135 Å². The Morgan fingerprint density at radius 2 is 1.82 bits per heavy atom. The molecule has 1 aliphatic rings. The number of thioether (sulfide) groups is 1. The summed E-state index contributed by atoms with van der Waals surface area (Å²) in [6.45, 7) is 6.69. The van der Waals surface area contributed by atoms with Crippen LogP contribution in [-0.2, 0) is 4.75 Å². The van der Waals surface area contributed by atoms with Crippen molar-refractivity contribution in [3.63, 3.8) is 0 Å². The molecule has 0 unspecified atom stereocenters. The number of hydrogen-bond acceptors (Lipinski definition) is 2. The number of para-hydroxylation sites is 1. The number of fused-ring (bicyclic) bond motifs is 3. The number of nitrogens with zero attached hydrogens (tertiary/aromatic N) is 2. The van der Waals surface area contributed by atoms with Gasteiger partial charge in [0.1, 0.15) is 0 Å². The molecule has 3 heteroatoms. The summed E-state index contributed by atoms with van der Waals surface area (Å²) in [6, 6.07) is 17.1. The van der Waals surface area contributed by atoms with E-state index in [1.54, 1.807) is 0 Å². The van der Waals surface area contributed by atoms with Crippen molar-refractivity contribution in [1.29, 1.82) is 0 Å². The summed E-state index contributed by atoms with van der Waals surface area (Å²) < 4.78 is 2.11. The summed E-state index contributed by atoms with van der Waals surface area (Å²) >= 11 is 1.92. The van der Waals surface area contributed by atoms with Crippen LogP contribution in [0.4, 0.5) is 0 Å². The minimum Gasteiger partial charge on any atom is -0.233 e. The molecule has 0 amide bonds. The molecule has 0 saturated carbocycles. The van der Waals surface area contributed by atoms with E-state index in [2.05, 4.69) is 67.9 Å². The molecular formula is C19H18N2S. The van der Waals surface area contributed by atoms with Crippen molar-refractivity contribution in [1.82, 2.24) is 9.78 Å². The van der Waals surface area contributed by atoms with Gasteiger partial charge in [-0.2, -0.15) is 5.10 Å². The molecular weight excluding hydrogens is 288 g/mol. The number of benzene rings is 2. The Balaban J connectivity index is 2.03. The molecule has 22 heavy (non-hydrogen) atoms. The Kier molecular flexibility index (Phi) is 2.95. The van der Waals surface area contributed by atoms with Gasteiger partial charge in [0.05, 0.1) is 17.6 Å². The van der Waals surface area contributed by atoms with E-state index in [0.717, 1.165) is 5.69 Å². The average molecular weight is 306 g/mol. The van der Waals surface area contributed by atoms with Crippen LogP contribution in [0.15, 0.2) is 59.6 Å². The smallest absolute Gasteiger partial charge is 0.0798 e. The maximum Gasteiger partial charge on any atom is 0.0798 e. The molecule has 2 aromatic carbocycles. The highest BCUT2D eigenvalue weighted by Gasteiger charge is 2.35. The van der Waals surface area contributed by atoms with Crippen LogP contribution in [0.3, 0.4) is 0 Å². The SMILES string of the molecule is Cc1ccc2c(c1)-c1c(cnn1-c1ccccc1)C(C)(C)S2. The van der Waals surface area contributed by atoms with E-state index in [4.69, 9.17) is 5.10 Å². The molecule has 2 nitrogen and oxygen atoms in total. The first-order chi connectivity index (χ1) is 10.6. The number of aromatic nitrogens is 2. The molecule has 0 bridgehead atoms. The van der Waals surface area contributed by atoms with Crippen molar-refractivity contribution < 1.29 is 0 Å². The summed E-state index contributed by atoms with van der Waals surface area (Å²) in [6.07, 6.45) is 2.03. The van der Waals surface area contributed by atoms with Crippen LogP contribution in [0.25, 0.3) is 16.9 Å². The zero-order valence-electron chi connectivity index (χ0n) is 13.0. The molecule has 4 rings (SSSR count). The van der Waals surface area contributed by atoms with Gasteiger partial charge in [0.15, 0.2) is 0 Å². The van der Waals surface area contributed by atoms with E-state index < -0.39 is 0 Å². The van der Waals surface area contributed by atoms with Crippen LogP contribution in [0.2, 0.25) is 0 Å². The number of rotatable bonds is 1. The Morgan fingerprint density at radius 1 is 1.05 bits per heavy atom. The summed E-state index contributed by atoms with van der Waals surface area (Å²) in [5, 5.41) is 4.70. The van der Waals surface area contributed by atoms with E-state index in [0.29, 0.717) is 0 Å². The van der Waals surface area contributed by atoms with Gasteiger partial charge in [-0.15, -0.1) is 11.8 Å². The Hall–Kier alpha value is -2.00. The maximum atomic E-state index is 4.70. The quantitative estimate of drug-likeness (QED) is 0.616. The first-order valence-electron chi connectivity index (χ1n) is 7.50. The second-order valence-electron chi connectivity index (χ2n) is 6.27. The summed E-state index contributed by atoms with van der Waals surface area (Å²) in [5.41, 5.74) is 6.22. The number of aryl methyl sites for hydroxylation is 1. The highest BCUT2D eigenvalue weighted by atomic mass is 32.2. The molecule has 1 aliphatic heterocycles. The predicted molar refractivity (Wildman–Crippen MR) is 92.6 cm³/mol. The predicted octanol–water partition coefficient (Wildman–Crippen LogP) is 5.19. The van der Waals surface area contributed by atoms with E-state index in [9.17, 15) is 0 Å². The van der Waals surface area contributed by atoms with Gasteiger partial charge in [0.2, 0.25) is 0 Å². The first-order valence-corrected chi connectivity index (χ1v) is 8.32. The fourth-order valence-electron chi connectivity index (χ4n) is 3.06. The van der Waals surface area contributed by atoms with Gasteiger partial charge >= 0.3 is 0 Å². The van der Waals surface area contributed by atoms with Gasteiger partial charge in [-0.3, -0.25) is 0 Å². The lowest BCUT2D eigenvalue weighted by Gasteiger charge is -2.31. The van der Waals surface area contributed by atoms with Crippen LogP contribution in [0, 0.1) is 6.92 Å². The molecule has 0 saturated heterocycles. The van der Waals surface area contributed by atoms with Crippen LogP contribution in [0.1, 0.15) is 25.0 Å². The minimum absolute atomic E-state index is 0.0324. The number of hydrogen-bond donors (Lipinski definition) is 0.